The van der Waals surface area contributed by atoms with Crippen LogP contribution >= 0.6 is 11.3 Å². The van der Waals surface area contributed by atoms with Crippen LogP contribution in [0.1, 0.15) is 31.3 Å². The van der Waals surface area contributed by atoms with Crippen LogP contribution in [-0.4, -0.2) is 16.4 Å². The van der Waals surface area contributed by atoms with E-state index in [9.17, 15) is 9.18 Å². The Morgan fingerprint density at radius 2 is 1.89 bits per heavy atom. The van der Waals surface area contributed by atoms with Crippen molar-refractivity contribution in [3.63, 3.8) is 0 Å². The van der Waals surface area contributed by atoms with Crippen LogP contribution in [-0.2, 0) is 0 Å². The fourth-order valence-corrected chi connectivity index (χ4v) is 2.31. The number of carbonyl (C=O) groups is 1. The van der Waals surface area contributed by atoms with Crippen molar-refractivity contribution in [2.45, 2.75) is 26.3 Å². The van der Waals surface area contributed by atoms with Gasteiger partial charge < -0.3 is 5.32 Å². The summed E-state index contributed by atoms with van der Waals surface area (Å²) in [6.45, 7) is 5.74. The van der Waals surface area contributed by atoms with Gasteiger partial charge in [-0.05, 0) is 45.0 Å². The van der Waals surface area contributed by atoms with E-state index in [-0.39, 0.29) is 17.3 Å². The number of rotatable bonds is 2. The highest BCUT2D eigenvalue weighted by Gasteiger charge is 2.17. The van der Waals surface area contributed by atoms with Crippen LogP contribution < -0.4 is 5.32 Å². The number of carbonyl (C=O) groups excluding carboxylic acids is 1. The molecule has 0 spiro atoms. The smallest absolute Gasteiger partial charge is 0.271 e. The van der Waals surface area contributed by atoms with Crippen molar-refractivity contribution in [3.8, 4) is 10.6 Å². The van der Waals surface area contributed by atoms with Gasteiger partial charge in [0.15, 0.2) is 0 Å². The van der Waals surface area contributed by atoms with Crippen LogP contribution in [0.15, 0.2) is 29.6 Å². The van der Waals surface area contributed by atoms with E-state index in [1.165, 1.54) is 23.5 Å². The molecule has 0 bridgehead atoms. The third-order valence-electron chi connectivity index (χ3n) is 2.32. The molecule has 1 aromatic carbocycles. The van der Waals surface area contributed by atoms with Gasteiger partial charge >= 0.3 is 0 Å². The van der Waals surface area contributed by atoms with Gasteiger partial charge in [-0.15, -0.1) is 11.3 Å². The summed E-state index contributed by atoms with van der Waals surface area (Å²) >= 11 is 1.37. The van der Waals surface area contributed by atoms with Crippen LogP contribution in [0.2, 0.25) is 0 Å². The Morgan fingerprint density at radius 1 is 1.26 bits per heavy atom. The number of benzene rings is 1. The summed E-state index contributed by atoms with van der Waals surface area (Å²) < 4.78 is 12.8. The minimum atomic E-state index is -0.295. The minimum absolute atomic E-state index is 0.197. The molecule has 0 unspecified atom stereocenters. The Morgan fingerprint density at radius 3 is 2.47 bits per heavy atom. The fraction of sp³-hybridized carbons (Fsp3) is 0.286. The lowest BCUT2D eigenvalue weighted by Crippen LogP contribution is -2.40. The second-order valence-corrected chi connectivity index (χ2v) is 6.11. The molecule has 0 aliphatic carbocycles. The number of halogens is 1. The Labute approximate surface area is 115 Å². The highest BCUT2D eigenvalue weighted by atomic mass is 32.1. The topological polar surface area (TPSA) is 42.0 Å². The van der Waals surface area contributed by atoms with Gasteiger partial charge in [-0.3, -0.25) is 4.79 Å². The molecule has 1 aromatic heterocycles. The molecule has 1 heterocycles. The third-order valence-corrected chi connectivity index (χ3v) is 3.21. The summed E-state index contributed by atoms with van der Waals surface area (Å²) in [6.07, 6.45) is 0. The molecule has 2 aromatic rings. The highest BCUT2D eigenvalue weighted by molar-refractivity contribution is 7.13. The first-order valence-corrected chi connectivity index (χ1v) is 6.77. The zero-order valence-corrected chi connectivity index (χ0v) is 11.8. The number of nitrogens with one attached hydrogen (secondary N) is 1. The maximum absolute atomic E-state index is 12.8. The van der Waals surface area contributed by atoms with Gasteiger partial charge in [-0.25, -0.2) is 9.37 Å². The number of aromatic nitrogens is 1. The second kappa shape index (κ2) is 5.09. The van der Waals surface area contributed by atoms with Gasteiger partial charge in [0.2, 0.25) is 0 Å². The van der Waals surface area contributed by atoms with Crippen molar-refractivity contribution < 1.29 is 9.18 Å². The predicted molar refractivity (Wildman–Crippen MR) is 74.7 cm³/mol. The molecule has 0 fully saturated rings. The molecule has 0 saturated carbocycles. The Kier molecular flexibility index (Phi) is 3.66. The summed E-state index contributed by atoms with van der Waals surface area (Å²) in [5.74, 6) is -0.483. The molecule has 0 atom stereocenters. The zero-order chi connectivity index (χ0) is 14.0. The van der Waals surface area contributed by atoms with Gasteiger partial charge in [-0.1, -0.05) is 0 Å². The van der Waals surface area contributed by atoms with E-state index in [0.29, 0.717) is 10.7 Å². The standard InChI is InChI=1S/C14H15FN2OS/c1-14(2,3)17-12(18)11-8-19-13(16-11)9-4-6-10(15)7-5-9/h4-8H,1-3H3,(H,17,18). The van der Waals surface area contributed by atoms with E-state index >= 15 is 0 Å². The van der Waals surface area contributed by atoms with E-state index < -0.39 is 0 Å². The van der Waals surface area contributed by atoms with E-state index in [1.54, 1.807) is 17.5 Å². The summed E-state index contributed by atoms with van der Waals surface area (Å²) in [5, 5.41) is 5.27. The molecule has 19 heavy (non-hydrogen) atoms. The number of thiazole rings is 1. The summed E-state index contributed by atoms with van der Waals surface area (Å²) in [6, 6.07) is 6.07. The monoisotopic (exact) mass is 278 g/mol. The molecule has 5 heteroatoms. The van der Waals surface area contributed by atoms with Crippen LogP contribution in [0.5, 0.6) is 0 Å². The van der Waals surface area contributed by atoms with Gasteiger partial charge in [0, 0.05) is 16.5 Å². The molecule has 0 radical (unpaired) electrons. The van der Waals surface area contributed by atoms with Gasteiger partial charge in [0.05, 0.1) is 0 Å². The highest BCUT2D eigenvalue weighted by Crippen LogP contribution is 2.24. The maximum Gasteiger partial charge on any atom is 0.271 e. The van der Waals surface area contributed by atoms with Crippen LogP contribution in [0.4, 0.5) is 4.39 Å². The number of amides is 1. The van der Waals surface area contributed by atoms with Crippen LogP contribution in [0.25, 0.3) is 10.6 Å². The number of hydrogen-bond donors (Lipinski definition) is 1. The van der Waals surface area contributed by atoms with Gasteiger partial charge in [0.25, 0.3) is 5.91 Å². The van der Waals surface area contributed by atoms with Gasteiger partial charge in [0.1, 0.15) is 16.5 Å². The first-order valence-electron chi connectivity index (χ1n) is 5.89. The van der Waals surface area contributed by atoms with Crippen LogP contribution in [0, 0.1) is 5.82 Å². The van der Waals surface area contributed by atoms with Crippen LogP contribution in [0.3, 0.4) is 0 Å². The fourth-order valence-electron chi connectivity index (χ4n) is 1.51. The van der Waals surface area contributed by atoms with E-state index in [2.05, 4.69) is 10.3 Å². The summed E-state index contributed by atoms with van der Waals surface area (Å²) in [4.78, 5) is 16.2. The molecule has 0 saturated heterocycles. The largest absolute Gasteiger partial charge is 0.346 e. The molecule has 0 aliphatic heterocycles. The average molecular weight is 278 g/mol. The van der Waals surface area contributed by atoms with Crippen molar-refractivity contribution in [3.05, 3.63) is 41.2 Å². The van der Waals surface area contributed by atoms with Crippen molar-refractivity contribution >= 4 is 17.2 Å². The molecule has 2 rings (SSSR count). The quantitative estimate of drug-likeness (QED) is 0.913. The Balaban J connectivity index is 2.19. The Hall–Kier alpha value is -1.75. The van der Waals surface area contributed by atoms with E-state index in [4.69, 9.17) is 0 Å². The average Bonchev–Trinajstić information content (AvgIpc) is 2.77. The molecule has 1 amide bonds. The zero-order valence-electron chi connectivity index (χ0n) is 11.0. The lowest BCUT2D eigenvalue weighted by Gasteiger charge is -2.19. The van der Waals surface area contributed by atoms with Crippen molar-refractivity contribution in [1.29, 1.82) is 0 Å². The lowest BCUT2D eigenvalue weighted by atomic mass is 10.1. The predicted octanol–water partition coefficient (Wildman–Crippen LogP) is 3.48. The summed E-state index contributed by atoms with van der Waals surface area (Å²) in [5.41, 5.74) is 0.900. The maximum atomic E-state index is 12.8. The molecular formula is C14H15FN2OS. The molecule has 100 valence electrons. The summed E-state index contributed by atoms with van der Waals surface area (Å²) in [7, 11) is 0. The van der Waals surface area contributed by atoms with E-state index in [1.807, 2.05) is 20.8 Å². The first kappa shape index (κ1) is 13.7. The minimum Gasteiger partial charge on any atom is -0.346 e. The lowest BCUT2D eigenvalue weighted by molar-refractivity contribution is 0.0915. The van der Waals surface area contributed by atoms with Crippen molar-refractivity contribution in [1.82, 2.24) is 10.3 Å². The number of nitrogens with zero attached hydrogens (tertiary/aromatic N) is 1. The first-order chi connectivity index (χ1) is 8.85. The van der Waals surface area contributed by atoms with Gasteiger partial charge in [-0.2, -0.15) is 0 Å². The normalized spacial score (nSPS) is 11.4. The Bertz CT molecular complexity index is 584. The SMILES string of the molecule is CC(C)(C)NC(=O)c1csc(-c2ccc(F)cc2)n1. The molecule has 0 aliphatic rings. The van der Waals surface area contributed by atoms with Crippen molar-refractivity contribution in [2.24, 2.45) is 0 Å². The van der Waals surface area contributed by atoms with Crippen molar-refractivity contribution in [2.75, 3.05) is 0 Å². The molecular weight excluding hydrogens is 263 g/mol. The van der Waals surface area contributed by atoms with E-state index in [0.717, 1.165) is 5.56 Å². The number of hydrogen-bond acceptors (Lipinski definition) is 3. The second-order valence-electron chi connectivity index (χ2n) is 5.25. The molecule has 3 nitrogen and oxygen atoms in total. The molecule has 1 N–H and O–H groups in total. The third kappa shape index (κ3) is 3.61.